The van der Waals surface area contributed by atoms with Gasteiger partial charge < -0.3 is 5.73 Å². The van der Waals surface area contributed by atoms with Crippen molar-refractivity contribution in [1.82, 2.24) is 24.9 Å². The number of anilines is 1. The van der Waals surface area contributed by atoms with E-state index in [9.17, 15) is 0 Å². The lowest BCUT2D eigenvalue weighted by atomic mass is 10.1. The molecule has 0 bridgehead atoms. The fraction of sp³-hybridized carbons (Fsp3) is 0. The van der Waals surface area contributed by atoms with E-state index in [2.05, 4.69) is 24.9 Å². The lowest BCUT2D eigenvalue weighted by Gasteiger charge is -2.03. The molecule has 0 spiro atoms. The SMILES string of the molecule is Nc1ncc2ccnc(-c3cncnc3)c2n1. The lowest BCUT2D eigenvalue weighted by Crippen LogP contribution is -1.97. The zero-order valence-corrected chi connectivity index (χ0v) is 8.78. The van der Waals surface area contributed by atoms with Crippen LogP contribution in [0.25, 0.3) is 22.2 Å². The molecule has 3 aromatic rings. The van der Waals surface area contributed by atoms with Gasteiger partial charge in [-0.2, -0.15) is 0 Å². The van der Waals surface area contributed by atoms with Crippen LogP contribution in [0.5, 0.6) is 0 Å². The molecule has 3 aromatic heterocycles. The van der Waals surface area contributed by atoms with E-state index in [0.717, 1.165) is 10.9 Å². The average Bonchev–Trinajstić information content (AvgIpc) is 2.39. The van der Waals surface area contributed by atoms with E-state index >= 15 is 0 Å². The predicted octanol–water partition coefficient (Wildman–Crippen LogP) is 1.06. The Morgan fingerprint density at radius 1 is 1.00 bits per heavy atom. The number of nitrogen functional groups attached to an aromatic ring is 1. The number of nitrogens with two attached hydrogens (primary N) is 1. The van der Waals surface area contributed by atoms with Crippen molar-refractivity contribution in [2.75, 3.05) is 5.73 Å². The molecule has 0 amide bonds. The Hall–Kier alpha value is -2.63. The first-order valence-electron chi connectivity index (χ1n) is 4.97. The Bertz CT molecular complexity index is 667. The zero-order valence-electron chi connectivity index (χ0n) is 8.78. The molecule has 0 aliphatic rings. The van der Waals surface area contributed by atoms with Gasteiger partial charge in [0.15, 0.2) is 0 Å². The summed E-state index contributed by atoms with van der Waals surface area (Å²) in [5.74, 6) is 0.226. The molecule has 6 nitrogen and oxygen atoms in total. The number of nitrogens with zero attached hydrogens (tertiary/aromatic N) is 5. The Kier molecular flexibility index (Phi) is 2.11. The molecule has 3 heterocycles. The highest BCUT2D eigenvalue weighted by Crippen LogP contribution is 2.23. The van der Waals surface area contributed by atoms with E-state index in [4.69, 9.17) is 5.73 Å². The number of fused-ring (bicyclic) bond motifs is 1. The Morgan fingerprint density at radius 2 is 1.82 bits per heavy atom. The normalized spacial score (nSPS) is 10.6. The smallest absolute Gasteiger partial charge is 0.220 e. The minimum absolute atomic E-state index is 0.226. The molecule has 3 rings (SSSR count). The van der Waals surface area contributed by atoms with E-state index in [1.165, 1.54) is 6.33 Å². The molecular weight excluding hydrogens is 216 g/mol. The first-order valence-corrected chi connectivity index (χ1v) is 4.97. The summed E-state index contributed by atoms with van der Waals surface area (Å²) in [6.07, 6.45) is 8.22. The standard InChI is InChI=1S/C11H8N6/c12-11-16-5-7-1-2-15-9(10(7)17-11)8-3-13-6-14-4-8/h1-6H,(H2,12,16,17). The molecular formula is C11H8N6. The average molecular weight is 224 g/mol. The molecule has 2 N–H and O–H groups in total. The highest BCUT2D eigenvalue weighted by molar-refractivity contribution is 5.90. The summed E-state index contributed by atoms with van der Waals surface area (Å²) in [7, 11) is 0. The zero-order chi connectivity index (χ0) is 11.7. The van der Waals surface area contributed by atoms with Crippen LogP contribution in [0.15, 0.2) is 37.2 Å². The summed E-state index contributed by atoms with van der Waals surface area (Å²) in [6, 6.07) is 1.84. The topological polar surface area (TPSA) is 90.5 Å². The highest BCUT2D eigenvalue weighted by atomic mass is 15.0. The van der Waals surface area contributed by atoms with Crippen LogP contribution in [0.1, 0.15) is 0 Å². The Balaban J connectivity index is 2.33. The summed E-state index contributed by atoms with van der Waals surface area (Å²) in [6.45, 7) is 0. The van der Waals surface area contributed by atoms with Gasteiger partial charge in [0, 0.05) is 35.7 Å². The minimum atomic E-state index is 0.226. The molecule has 17 heavy (non-hydrogen) atoms. The van der Waals surface area contributed by atoms with Crippen molar-refractivity contribution in [3.63, 3.8) is 0 Å². The summed E-state index contributed by atoms with van der Waals surface area (Å²) in [5.41, 5.74) is 7.80. The molecule has 0 unspecified atom stereocenters. The first kappa shape index (κ1) is 9.59. The molecule has 0 saturated heterocycles. The van der Waals surface area contributed by atoms with E-state index < -0.39 is 0 Å². The van der Waals surface area contributed by atoms with E-state index in [0.29, 0.717) is 11.2 Å². The predicted molar refractivity (Wildman–Crippen MR) is 62.8 cm³/mol. The van der Waals surface area contributed by atoms with Gasteiger partial charge >= 0.3 is 0 Å². The molecule has 0 atom stereocenters. The second-order valence-corrected chi connectivity index (χ2v) is 3.45. The Labute approximate surface area is 96.6 Å². The van der Waals surface area contributed by atoms with E-state index in [1.54, 1.807) is 24.8 Å². The van der Waals surface area contributed by atoms with Crippen molar-refractivity contribution in [1.29, 1.82) is 0 Å². The monoisotopic (exact) mass is 224 g/mol. The van der Waals surface area contributed by atoms with Gasteiger partial charge in [0.1, 0.15) is 11.8 Å². The van der Waals surface area contributed by atoms with E-state index in [-0.39, 0.29) is 5.95 Å². The second-order valence-electron chi connectivity index (χ2n) is 3.45. The van der Waals surface area contributed by atoms with Gasteiger partial charge in [0.25, 0.3) is 0 Å². The van der Waals surface area contributed by atoms with Crippen LogP contribution in [-0.2, 0) is 0 Å². The van der Waals surface area contributed by atoms with Gasteiger partial charge in [-0.15, -0.1) is 0 Å². The van der Waals surface area contributed by atoms with Crippen LogP contribution in [0.3, 0.4) is 0 Å². The van der Waals surface area contributed by atoms with Gasteiger partial charge in [0.2, 0.25) is 5.95 Å². The molecule has 0 aliphatic carbocycles. The van der Waals surface area contributed by atoms with Crippen molar-refractivity contribution in [2.45, 2.75) is 0 Å². The summed E-state index contributed by atoms with van der Waals surface area (Å²) in [5, 5.41) is 0.882. The van der Waals surface area contributed by atoms with Crippen LogP contribution in [0.2, 0.25) is 0 Å². The molecule has 82 valence electrons. The molecule has 0 saturated carbocycles. The first-order chi connectivity index (χ1) is 8.34. The fourth-order valence-electron chi connectivity index (χ4n) is 1.60. The summed E-state index contributed by atoms with van der Waals surface area (Å²) >= 11 is 0. The summed E-state index contributed by atoms with van der Waals surface area (Å²) < 4.78 is 0. The summed E-state index contributed by atoms with van der Waals surface area (Å²) in [4.78, 5) is 20.4. The van der Waals surface area contributed by atoms with E-state index in [1.807, 2.05) is 6.07 Å². The number of pyridine rings is 1. The van der Waals surface area contributed by atoms with Crippen molar-refractivity contribution < 1.29 is 0 Å². The number of hydrogen-bond acceptors (Lipinski definition) is 6. The molecule has 0 fully saturated rings. The van der Waals surface area contributed by atoms with Gasteiger partial charge in [0.05, 0.1) is 5.69 Å². The molecule has 0 aromatic carbocycles. The maximum absolute atomic E-state index is 5.59. The third kappa shape index (κ3) is 1.65. The molecule has 6 heteroatoms. The van der Waals surface area contributed by atoms with Crippen molar-refractivity contribution >= 4 is 16.9 Å². The second kappa shape index (κ2) is 3.75. The minimum Gasteiger partial charge on any atom is -0.368 e. The van der Waals surface area contributed by atoms with Crippen LogP contribution in [0.4, 0.5) is 5.95 Å². The third-order valence-electron chi connectivity index (χ3n) is 2.35. The number of hydrogen-bond donors (Lipinski definition) is 1. The molecule has 0 radical (unpaired) electrons. The van der Waals surface area contributed by atoms with Gasteiger partial charge in [-0.05, 0) is 6.07 Å². The van der Waals surface area contributed by atoms with Gasteiger partial charge in [-0.1, -0.05) is 0 Å². The molecule has 0 aliphatic heterocycles. The fourth-order valence-corrected chi connectivity index (χ4v) is 1.60. The maximum Gasteiger partial charge on any atom is 0.220 e. The number of aromatic nitrogens is 5. The third-order valence-corrected chi connectivity index (χ3v) is 2.35. The Morgan fingerprint density at radius 3 is 2.65 bits per heavy atom. The van der Waals surface area contributed by atoms with Crippen LogP contribution in [0, 0.1) is 0 Å². The lowest BCUT2D eigenvalue weighted by molar-refractivity contribution is 1.16. The van der Waals surface area contributed by atoms with Gasteiger partial charge in [-0.3, -0.25) is 4.98 Å². The quantitative estimate of drug-likeness (QED) is 0.664. The van der Waals surface area contributed by atoms with Crippen LogP contribution in [-0.4, -0.2) is 24.9 Å². The maximum atomic E-state index is 5.59. The van der Waals surface area contributed by atoms with Crippen molar-refractivity contribution in [3.8, 4) is 11.3 Å². The van der Waals surface area contributed by atoms with Crippen molar-refractivity contribution in [2.24, 2.45) is 0 Å². The number of rotatable bonds is 1. The van der Waals surface area contributed by atoms with Crippen LogP contribution < -0.4 is 5.73 Å². The van der Waals surface area contributed by atoms with Crippen LogP contribution >= 0.6 is 0 Å². The largest absolute Gasteiger partial charge is 0.368 e. The van der Waals surface area contributed by atoms with Crippen molar-refractivity contribution in [3.05, 3.63) is 37.2 Å². The highest BCUT2D eigenvalue weighted by Gasteiger charge is 2.07. The van der Waals surface area contributed by atoms with Gasteiger partial charge in [-0.25, -0.2) is 19.9 Å².